The molecule has 14 heteroatoms. The van der Waals surface area contributed by atoms with Crippen LogP contribution in [0.1, 0.15) is 70.4 Å². The lowest BCUT2D eigenvalue weighted by molar-refractivity contribution is -0.176. The molecule has 54 heavy (non-hydrogen) atoms. The number of ether oxygens (including phenoxy) is 8. The minimum absolute atomic E-state index is 0.0512. The van der Waals surface area contributed by atoms with Crippen molar-refractivity contribution in [3.05, 3.63) is 58.7 Å². The number of aryl methyl sites for hydroxylation is 2. The monoisotopic (exact) mass is 742 g/mol. The molecule has 2 saturated heterocycles. The van der Waals surface area contributed by atoms with Crippen molar-refractivity contribution in [2.45, 2.75) is 75.8 Å². The van der Waals surface area contributed by atoms with Crippen molar-refractivity contribution < 1.29 is 66.7 Å². The van der Waals surface area contributed by atoms with E-state index in [0.29, 0.717) is 33.4 Å². The molecule has 3 aromatic rings. The standard InChI is InChI=1S/C40H38O14/c1-19-15-25(47-3)33-23(41)17-39(37(45)49-5,27-11-13-29(43)51-27)53-35(33)31(19)21-7-9-22(10-8-21)32-20(2)16-26(48-4)34-24(42)18-40(38(46)50-6,54-36(32)34)28-12-14-30(44)52-28/h7-10,15-16,27-28H,11-14,17-18H2,1-6H3/t27-,28-,39-,40-/m1/s1. The Hall–Kier alpha value is -5.92. The Bertz CT molecular complexity index is 1980. The number of hydrogen-bond donors (Lipinski definition) is 0. The summed E-state index contributed by atoms with van der Waals surface area (Å²) < 4.78 is 45.5. The Kier molecular flexibility index (Phi) is 9.10. The van der Waals surface area contributed by atoms with Crippen molar-refractivity contribution in [1.82, 2.24) is 0 Å². The number of hydrogen-bond acceptors (Lipinski definition) is 14. The molecule has 0 amide bonds. The molecule has 0 saturated carbocycles. The van der Waals surface area contributed by atoms with Crippen LogP contribution in [0.2, 0.25) is 0 Å². The number of cyclic esters (lactones) is 2. The van der Waals surface area contributed by atoms with E-state index in [1.807, 2.05) is 0 Å². The predicted octanol–water partition coefficient (Wildman–Crippen LogP) is 4.82. The van der Waals surface area contributed by atoms with Crippen LogP contribution in [0.4, 0.5) is 0 Å². The topological polar surface area (TPSA) is 176 Å². The van der Waals surface area contributed by atoms with Gasteiger partial charge in [-0.1, -0.05) is 24.3 Å². The molecule has 0 bridgehead atoms. The fraction of sp³-hybridized carbons (Fsp3) is 0.400. The van der Waals surface area contributed by atoms with Crippen LogP contribution in [0.25, 0.3) is 22.3 Å². The second kappa shape index (κ2) is 13.5. The Morgan fingerprint density at radius 1 is 0.611 bits per heavy atom. The van der Waals surface area contributed by atoms with Crippen LogP contribution in [0.15, 0.2) is 36.4 Å². The number of benzene rings is 3. The average molecular weight is 743 g/mol. The summed E-state index contributed by atoms with van der Waals surface area (Å²) in [5, 5.41) is 0. The third-order valence-corrected chi connectivity index (χ3v) is 10.6. The summed E-state index contributed by atoms with van der Waals surface area (Å²) in [5.74, 6) is -3.00. The van der Waals surface area contributed by atoms with Gasteiger partial charge in [0.1, 0.15) is 34.1 Å². The number of esters is 4. The Morgan fingerprint density at radius 3 is 1.28 bits per heavy atom. The maximum atomic E-state index is 13.9. The van der Waals surface area contributed by atoms with Gasteiger partial charge in [0.15, 0.2) is 23.8 Å². The Morgan fingerprint density at radius 2 is 0.981 bits per heavy atom. The van der Waals surface area contributed by atoms with Gasteiger partial charge in [-0.3, -0.25) is 19.2 Å². The molecule has 4 heterocycles. The lowest BCUT2D eigenvalue weighted by Gasteiger charge is -2.40. The summed E-state index contributed by atoms with van der Waals surface area (Å²) in [7, 11) is 5.20. The normalized spacial score (nSPS) is 24.3. The van der Waals surface area contributed by atoms with Gasteiger partial charge < -0.3 is 37.9 Å². The maximum absolute atomic E-state index is 13.9. The van der Waals surface area contributed by atoms with E-state index < -0.39 is 71.7 Å². The lowest BCUT2D eigenvalue weighted by Crippen LogP contribution is -2.58. The Balaban J connectivity index is 1.36. The molecule has 3 aromatic carbocycles. The molecule has 0 radical (unpaired) electrons. The number of carbonyl (C=O) groups excluding carboxylic acids is 6. The minimum Gasteiger partial charge on any atom is -0.496 e. The molecule has 0 unspecified atom stereocenters. The van der Waals surface area contributed by atoms with Gasteiger partial charge in [-0.25, -0.2) is 9.59 Å². The van der Waals surface area contributed by atoms with E-state index in [2.05, 4.69) is 0 Å². The van der Waals surface area contributed by atoms with Crippen molar-refractivity contribution in [2.75, 3.05) is 28.4 Å². The highest BCUT2D eigenvalue weighted by Crippen LogP contribution is 2.52. The first kappa shape index (κ1) is 36.4. The summed E-state index contributed by atoms with van der Waals surface area (Å²) in [6.45, 7) is 3.60. The predicted molar refractivity (Wildman–Crippen MR) is 187 cm³/mol. The van der Waals surface area contributed by atoms with Crippen molar-refractivity contribution in [1.29, 1.82) is 0 Å². The van der Waals surface area contributed by atoms with E-state index >= 15 is 0 Å². The third kappa shape index (κ3) is 5.53. The van der Waals surface area contributed by atoms with Crippen LogP contribution in [-0.4, -0.2) is 87.3 Å². The van der Waals surface area contributed by atoms with E-state index in [0.717, 1.165) is 0 Å². The van der Waals surface area contributed by atoms with Gasteiger partial charge in [-0.15, -0.1) is 0 Å². The summed E-state index contributed by atoms with van der Waals surface area (Å²) in [5.41, 5.74) is -0.159. The molecule has 14 nitrogen and oxygen atoms in total. The molecule has 2 fully saturated rings. The van der Waals surface area contributed by atoms with Crippen molar-refractivity contribution in [2.24, 2.45) is 0 Å². The quantitative estimate of drug-likeness (QED) is 0.227. The molecular formula is C40H38O14. The zero-order valence-corrected chi connectivity index (χ0v) is 30.6. The highest BCUT2D eigenvalue weighted by atomic mass is 16.6. The summed E-state index contributed by atoms with van der Waals surface area (Å²) in [6.07, 6.45) is -2.58. The number of fused-ring (bicyclic) bond motifs is 2. The summed E-state index contributed by atoms with van der Waals surface area (Å²) >= 11 is 0. The van der Waals surface area contributed by atoms with Crippen LogP contribution < -0.4 is 18.9 Å². The molecule has 4 aliphatic rings. The zero-order valence-electron chi connectivity index (χ0n) is 30.6. The number of Topliss-reactive ketones (excluding diaryl/α,β-unsaturated/α-hetero) is 2. The van der Waals surface area contributed by atoms with Crippen molar-refractivity contribution in [3.8, 4) is 45.3 Å². The van der Waals surface area contributed by atoms with Gasteiger partial charge in [0, 0.05) is 24.0 Å². The molecular weight excluding hydrogens is 704 g/mol. The average Bonchev–Trinajstić information content (AvgIpc) is 3.81. The van der Waals surface area contributed by atoms with Gasteiger partial charge in [0.05, 0.1) is 41.3 Å². The third-order valence-electron chi connectivity index (χ3n) is 10.6. The minimum atomic E-state index is -1.93. The fourth-order valence-corrected chi connectivity index (χ4v) is 8.08. The molecule has 4 aliphatic heterocycles. The van der Waals surface area contributed by atoms with E-state index in [1.165, 1.54) is 28.4 Å². The van der Waals surface area contributed by atoms with Crippen LogP contribution in [-0.2, 0) is 38.1 Å². The molecule has 282 valence electrons. The SMILES string of the molecule is COC(=O)[C@]1([C@H]2CCC(=O)O2)CC(=O)c2c(OC)cc(C)c(-c3ccc(-c4c(C)cc(OC)c5c4O[C@@](C(=O)OC)([C@H]4CCC(=O)O4)CC5=O)cc3)c2O1. The Labute approximate surface area is 309 Å². The van der Waals surface area contributed by atoms with Crippen molar-refractivity contribution in [3.63, 3.8) is 0 Å². The fourth-order valence-electron chi connectivity index (χ4n) is 8.08. The molecule has 0 spiro atoms. The first-order chi connectivity index (χ1) is 25.8. The maximum Gasteiger partial charge on any atom is 0.354 e. The van der Waals surface area contributed by atoms with Crippen LogP contribution in [0, 0.1) is 13.8 Å². The first-order valence-electron chi connectivity index (χ1n) is 17.4. The summed E-state index contributed by atoms with van der Waals surface area (Å²) in [6, 6.07) is 10.5. The number of rotatable bonds is 8. The highest BCUT2D eigenvalue weighted by Gasteiger charge is 2.60. The summed E-state index contributed by atoms with van der Waals surface area (Å²) in [4.78, 5) is 79.1. The number of methoxy groups -OCH3 is 4. The lowest BCUT2D eigenvalue weighted by atomic mass is 9.81. The largest absolute Gasteiger partial charge is 0.496 e. The van der Waals surface area contributed by atoms with Gasteiger partial charge in [0.2, 0.25) is 11.2 Å². The molecule has 7 rings (SSSR count). The van der Waals surface area contributed by atoms with E-state index in [-0.39, 0.29) is 59.8 Å². The first-order valence-corrected chi connectivity index (χ1v) is 17.4. The van der Waals surface area contributed by atoms with Gasteiger partial charge in [0.25, 0.3) is 0 Å². The van der Waals surface area contributed by atoms with Crippen LogP contribution >= 0.6 is 0 Å². The smallest absolute Gasteiger partial charge is 0.354 e. The molecule has 0 N–H and O–H groups in total. The molecule has 0 aliphatic carbocycles. The molecule has 4 atom stereocenters. The van der Waals surface area contributed by atoms with Gasteiger partial charge in [-0.2, -0.15) is 0 Å². The van der Waals surface area contributed by atoms with Crippen molar-refractivity contribution >= 4 is 35.4 Å². The van der Waals surface area contributed by atoms with Crippen LogP contribution in [0.3, 0.4) is 0 Å². The second-order valence-electron chi connectivity index (χ2n) is 13.7. The van der Waals surface area contributed by atoms with E-state index in [1.54, 1.807) is 50.2 Å². The van der Waals surface area contributed by atoms with Crippen LogP contribution in [0.5, 0.6) is 23.0 Å². The molecule has 0 aromatic heterocycles. The van der Waals surface area contributed by atoms with Gasteiger partial charge in [-0.05, 0) is 61.1 Å². The van der Waals surface area contributed by atoms with E-state index in [4.69, 9.17) is 37.9 Å². The highest BCUT2D eigenvalue weighted by molar-refractivity contribution is 6.10. The second-order valence-corrected chi connectivity index (χ2v) is 13.7. The number of ketones is 2. The van der Waals surface area contributed by atoms with E-state index in [9.17, 15) is 28.8 Å². The van der Waals surface area contributed by atoms with Gasteiger partial charge >= 0.3 is 23.9 Å². The number of carbonyl (C=O) groups is 6. The zero-order chi connectivity index (χ0) is 38.7.